The molecule has 5 heteroatoms. The zero-order valence-electron chi connectivity index (χ0n) is 13.4. The third-order valence-corrected chi connectivity index (χ3v) is 6.74. The van der Waals surface area contributed by atoms with Crippen LogP contribution < -0.4 is 0 Å². The van der Waals surface area contributed by atoms with Crippen molar-refractivity contribution in [2.75, 3.05) is 32.5 Å². The maximum Gasteiger partial charge on any atom is 0.515 e. The Morgan fingerprint density at radius 3 is 2.10 bits per heavy atom. The molecule has 0 radical (unpaired) electrons. The van der Waals surface area contributed by atoms with Gasteiger partial charge in [-0.05, 0) is 38.3 Å². The molecule has 0 amide bonds. The molecule has 0 spiro atoms. The van der Waals surface area contributed by atoms with E-state index in [0.29, 0.717) is 19.8 Å². The van der Waals surface area contributed by atoms with Crippen LogP contribution in [0.4, 0.5) is 0 Å². The van der Waals surface area contributed by atoms with Crippen molar-refractivity contribution >= 4 is 8.80 Å². The highest BCUT2D eigenvalue weighted by molar-refractivity contribution is 6.60. The van der Waals surface area contributed by atoms with E-state index in [1.807, 2.05) is 20.8 Å². The quantitative estimate of drug-likeness (QED) is 0.691. The number of nitrogens with zero attached hydrogens (tertiary/aromatic N) is 1. The average molecular weight is 309 g/mol. The van der Waals surface area contributed by atoms with Gasteiger partial charge in [0.2, 0.25) is 0 Å². The van der Waals surface area contributed by atoms with Crippen molar-refractivity contribution in [3.8, 4) is 0 Å². The topological polar surface area (TPSA) is 30.9 Å². The summed E-state index contributed by atoms with van der Waals surface area (Å²) >= 11 is 0. The van der Waals surface area contributed by atoms with Crippen molar-refractivity contribution in [2.45, 2.75) is 33.7 Å². The van der Waals surface area contributed by atoms with Crippen LogP contribution in [0.2, 0.25) is 0 Å². The lowest BCUT2D eigenvalue weighted by Crippen LogP contribution is -2.56. The van der Waals surface area contributed by atoms with E-state index in [9.17, 15) is 0 Å². The van der Waals surface area contributed by atoms with Gasteiger partial charge in [0.1, 0.15) is 0 Å². The Labute approximate surface area is 129 Å². The standard InChI is InChI=1S/C16H27NO3Si/c1-4-18-21(19-5-2,20-6-3)14-17-12-11-15-9-7-8-10-16(15)13-17/h7-10H,4-6,11-14H2,1-3H3. The van der Waals surface area contributed by atoms with Crippen molar-refractivity contribution in [3.63, 3.8) is 0 Å². The molecule has 0 atom stereocenters. The summed E-state index contributed by atoms with van der Waals surface area (Å²) in [6.07, 6.45) is 1.86. The first-order valence-electron chi connectivity index (χ1n) is 7.94. The van der Waals surface area contributed by atoms with Gasteiger partial charge < -0.3 is 13.3 Å². The predicted molar refractivity (Wildman–Crippen MR) is 86.1 cm³/mol. The second-order valence-corrected chi connectivity index (χ2v) is 7.76. The van der Waals surface area contributed by atoms with Gasteiger partial charge in [0.25, 0.3) is 0 Å². The van der Waals surface area contributed by atoms with E-state index in [1.165, 1.54) is 11.1 Å². The van der Waals surface area contributed by atoms with Crippen molar-refractivity contribution < 1.29 is 13.3 Å². The van der Waals surface area contributed by atoms with Crippen molar-refractivity contribution in [2.24, 2.45) is 0 Å². The molecule has 1 aliphatic heterocycles. The van der Waals surface area contributed by atoms with Gasteiger partial charge in [-0.3, -0.25) is 4.90 Å². The molecular weight excluding hydrogens is 282 g/mol. The molecule has 0 saturated carbocycles. The number of fused-ring (bicyclic) bond motifs is 1. The molecule has 1 aromatic carbocycles. The van der Waals surface area contributed by atoms with Crippen LogP contribution in [-0.4, -0.2) is 46.2 Å². The lowest BCUT2D eigenvalue weighted by molar-refractivity contribution is 0.0549. The maximum atomic E-state index is 5.95. The van der Waals surface area contributed by atoms with Crippen LogP contribution in [0, 0.1) is 0 Å². The fraction of sp³-hybridized carbons (Fsp3) is 0.625. The first kappa shape index (κ1) is 16.6. The van der Waals surface area contributed by atoms with Crippen molar-refractivity contribution in [3.05, 3.63) is 35.4 Å². The van der Waals surface area contributed by atoms with Gasteiger partial charge >= 0.3 is 8.80 Å². The van der Waals surface area contributed by atoms with E-state index < -0.39 is 8.80 Å². The molecule has 0 saturated heterocycles. The highest BCUT2D eigenvalue weighted by atomic mass is 28.4. The van der Waals surface area contributed by atoms with E-state index >= 15 is 0 Å². The first-order chi connectivity index (χ1) is 10.2. The molecule has 0 aliphatic carbocycles. The van der Waals surface area contributed by atoms with Gasteiger partial charge in [0, 0.05) is 32.9 Å². The van der Waals surface area contributed by atoms with Gasteiger partial charge in [-0.1, -0.05) is 24.3 Å². The van der Waals surface area contributed by atoms with Gasteiger partial charge in [0.15, 0.2) is 0 Å². The zero-order valence-corrected chi connectivity index (χ0v) is 14.4. The van der Waals surface area contributed by atoms with Crippen LogP contribution >= 0.6 is 0 Å². The summed E-state index contributed by atoms with van der Waals surface area (Å²) < 4.78 is 17.9. The molecule has 118 valence electrons. The van der Waals surface area contributed by atoms with Crippen LogP contribution in [0.25, 0.3) is 0 Å². The van der Waals surface area contributed by atoms with Crippen LogP contribution in [-0.2, 0) is 26.2 Å². The molecule has 2 rings (SSSR count). The third-order valence-electron chi connectivity index (χ3n) is 3.72. The third kappa shape index (κ3) is 4.37. The highest BCUT2D eigenvalue weighted by Gasteiger charge is 2.42. The summed E-state index contributed by atoms with van der Waals surface area (Å²) in [6.45, 7) is 9.92. The first-order valence-corrected chi connectivity index (χ1v) is 9.87. The second kappa shape index (κ2) is 8.05. The summed E-state index contributed by atoms with van der Waals surface area (Å²) in [5.74, 6) is 0. The van der Waals surface area contributed by atoms with Crippen molar-refractivity contribution in [1.29, 1.82) is 0 Å². The number of hydrogen-bond donors (Lipinski definition) is 0. The zero-order chi connectivity index (χ0) is 15.1. The lowest BCUT2D eigenvalue weighted by Gasteiger charge is -2.35. The normalized spacial score (nSPS) is 16.0. The lowest BCUT2D eigenvalue weighted by atomic mass is 10.0. The maximum absolute atomic E-state index is 5.95. The van der Waals surface area contributed by atoms with E-state index in [4.69, 9.17) is 13.3 Å². The molecule has 0 aromatic heterocycles. The van der Waals surface area contributed by atoms with E-state index in [0.717, 1.165) is 25.7 Å². The molecule has 0 fully saturated rings. The Balaban J connectivity index is 2.06. The molecule has 0 unspecified atom stereocenters. The summed E-state index contributed by atoms with van der Waals surface area (Å²) in [4.78, 5) is 2.41. The molecule has 0 N–H and O–H groups in total. The van der Waals surface area contributed by atoms with E-state index in [2.05, 4.69) is 29.2 Å². The molecule has 1 aromatic rings. The monoisotopic (exact) mass is 309 g/mol. The van der Waals surface area contributed by atoms with E-state index in [1.54, 1.807) is 0 Å². The fourth-order valence-corrected chi connectivity index (χ4v) is 5.55. The summed E-state index contributed by atoms with van der Waals surface area (Å²) in [5.41, 5.74) is 2.88. The van der Waals surface area contributed by atoms with Gasteiger partial charge in [0.05, 0.1) is 6.17 Å². The fourth-order valence-electron chi connectivity index (χ4n) is 2.88. The Kier molecular flexibility index (Phi) is 6.38. The molecule has 1 heterocycles. The Morgan fingerprint density at radius 1 is 0.952 bits per heavy atom. The Morgan fingerprint density at radius 2 is 1.52 bits per heavy atom. The number of benzene rings is 1. The number of hydrogen-bond acceptors (Lipinski definition) is 4. The summed E-state index contributed by atoms with van der Waals surface area (Å²) in [6, 6.07) is 8.67. The minimum atomic E-state index is -2.58. The molecule has 1 aliphatic rings. The summed E-state index contributed by atoms with van der Waals surface area (Å²) in [5, 5.41) is 0. The SMILES string of the molecule is CCO[Si](CN1CCc2ccccc2C1)(OCC)OCC. The molecular formula is C16H27NO3Si. The molecule has 0 bridgehead atoms. The van der Waals surface area contributed by atoms with Crippen molar-refractivity contribution in [1.82, 2.24) is 4.90 Å². The van der Waals surface area contributed by atoms with Gasteiger partial charge in [-0.25, -0.2) is 0 Å². The Bertz CT molecular complexity index is 424. The largest absolute Gasteiger partial charge is 0.515 e. The van der Waals surface area contributed by atoms with E-state index in [-0.39, 0.29) is 0 Å². The average Bonchev–Trinajstić information content (AvgIpc) is 2.48. The summed E-state index contributed by atoms with van der Waals surface area (Å²) in [7, 11) is -2.58. The Hall–Kier alpha value is -0.723. The predicted octanol–water partition coefficient (Wildman–Crippen LogP) is 2.63. The van der Waals surface area contributed by atoms with Crippen LogP contribution in [0.15, 0.2) is 24.3 Å². The van der Waals surface area contributed by atoms with Crippen LogP contribution in [0.1, 0.15) is 31.9 Å². The second-order valence-electron chi connectivity index (χ2n) is 5.21. The smallest absolute Gasteiger partial charge is 0.373 e. The minimum absolute atomic E-state index is 0.636. The van der Waals surface area contributed by atoms with Gasteiger partial charge in [-0.2, -0.15) is 0 Å². The van der Waals surface area contributed by atoms with Gasteiger partial charge in [-0.15, -0.1) is 0 Å². The number of rotatable bonds is 8. The molecule has 21 heavy (non-hydrogen) atoms. The minimum Gasteiger partial charge on any atom is -0.373 e. The highest BCUT2D eigenvalue weighted by Crippen LogP contribution is 2.21. The van der Waals surface area contributed by atoms with Crippen LogP contribution in [0.3, 0.4) is 0 Å². The molecule has 4 nitrogen and oxygen atoms in total. The van der Waals surface area contributed by atoms with Crippen LogP contribution in [0.5, 0.6) is 0 Å².